The maximum Gasteiger partial charge on any atom is 0.244 e. The minimum Gasteiger partial charge on any atom is -0.493 e. The lowest BCUT2D eigenvalue weighted by Crippen LogP contribution is -2.59. The van der Waals surface area contributed by atoms with Gasteiger partial charge in [0.2, 0.25) is 5.91 Å². The molecule has 2 saturated heterocycles. The number of benzene rings is 1. The third kappa shape index (κ3) is 5.78. The second-order valence-electron chi connectivity index (χ2n) is 7.19. The molecule has 0 radical (unpaired) electrons. The summed E-state index contributed by atoms with van der Waals surface area (Å²) < 4.78 is 16.4. The van der Waals surface area contributed by atoms with E-state index < -0.39 is 0 Å². The van der Waals surface area contributed by atoms with Crippen molar-refractivity contribution in [3.63, 3.8) is 0 Å². The van der Waals surface area contributed by atoms with Crippen molar-refractivity contribution in [1.82, 2.24) is 10.2 Å². The molecule has 29 heavy (non-hydrogen) atoms. The molecule has 2 fully saturated rings. The second-order valence-corrected chi connectivity index (χ2v) is 8.29. The Balaban J connectivity index is 1.58. The molecule has 1 aromatic rings. The van der Waals surface area contributed by atoms with Crippen LogP contribution in [0.2, 0.25) is 0 Å². The summed E-state index contributed by atoms with van der Waals surface area (Å²) in [6.07, 6.45) is 6.16. The quantitative estimate of drug-likeness (QED) is 0.491. The molecule has 1 unspecified atom stereocenters. The number of ether oxygens (including phenoxy) is 3. The van der Waals surface area contributed by atoms with E-state index in [0.717, 1.165) is 49.8 Å². The van der Waals surface area contributed by atoms with Gasteiger partial charge in [0.25, 0.3) is 0 Å². The lowest BCUT2D eigenvalue weighted by molar-refractivity contribution is -0.117. The molecule has 158 valence electrons. The molecule has 3 rings (SSSR count). The third-order valence-electron chi connectivity index (χ3n) is 5.33. The molecular weight excluding hydrogens is 388 g/mol. The van der Waals surface area contributed by atoms with E-state index in [4.69, 9.17) is 14.2 Å². The molecule has 2 aliphatic rings. The summed E-state index contributed by atoms with van der Waals surface area (Å²) in [7, 11) is 1.60. The van der Waals surface area contributed by atoms with Gasteiger partial charge in [-0.2, -0.15) is 11.8 Å². The predicted octanol–water partition coefficient (Wildman–Crippen LogP) is 2.60. The van der Waals surface area contributed by atoms with Gasteiger partial charge in [-0.1, -0.05) is 18.7 Å². The Bertz CT molecular complexity index is 726. The molecule has 0 aromatic heterocycles. The molecule has 0 spiro atoms. The predicted molar refractivity (Wildman–Crippen MR) is 118 cm³/mol. The van der Waals surface area contributed by atoms with E-state index in [1.165, 1.54) is 0 Å². The lowest BCUT2D eigenvalue weighted by atomic mass is 9.95. The fraction of sp³-hybridized carbons (Fsp3) is 0.500. The van der Waals surface area contributed by atoms with Crippen molar-refractivity contribution in [2.75, 3.05) is 58.1 Å². The van der Waals surface area contributed by atoms with Crippen LogP contribution < -0.4 is 14.8 Å². The van der Waals surface area contributed by atoms with E-state index in [1.807, 2.05) is 30.0 Å². The maximum absolute atomic E-state index is 12.4. The van der Waals surface area contributed by atoms with Crippen molar-refractivity contribution in [1.29, 1.82) is 0 Å². The Kier molecular flexibility index (Phi) is 8.03. The summed E-state index contributed by atoms with van der Waals surface area (Å²) in [6.45, 7) is 8.15. The molecule has 0 bridgehead atoms. The van der Waals surface area contributed by atoms with Crippen LogP contribution in [-0.2, 0) is 9.53 Å². The first-order valence-electron chi connectivity index (χ1n) is 9.95. The Labute approximate surface area is 177 Å². The average molecular weight is 419 g/mol. The number of morpholine rings is 1. The number of nitrogens with one attached hydrogen (secondary N) is 1. The summed E-state index contributed by atoms with van der Waals surface area (Å²) >= 11 is 1.96. The number of nitrogens with zero attached hydrogens (tertiary/aromatic N) is 1. The van der Waals surface area contributed by atoms with Gasteiger partial charge in [0.1, 0.15) is 6.61 Å². The molecule has 1 aromatic carbocycles. The summed E-state index contributed by atoms with van der Waals surface area (Å²) in [6, 6.07) is 5.58. The molecular formula is C22H30N2O4S. The molecule has 2 aliphatic heterocycles. The Hall–Kier alpha value is -1.96. The van der Waals surface area contributed by atoms with E-state index in [9.17, 15) is 4.79 Å². The molecule has 7 heteroatoms. The minimum atomic E-state index is -0.0829. The number of methoxy groups -OCH3 is 1. The van der Waals surface area contributed by atoms with Crippen LogP contribution in [0.15, 0.2) is 36.9 Å². The average Bonchev–Trinajstić information content (AvgIpc) is 3.26. The molecule has 0 aliphatic carbocycles. The van der Waals surface area contributed by atoms with Crippen molar-refractivity contribution in [3.05, 3.63) is 42.5 Å². The van der Waals surface area contributed by atoms with Crippen LogP contribution >= 0.6 is 11.8 Å². The summed E-state index contributed by atoms with van der Waals surface area (Å²) in [4.78, 5) is 14.9. The van der Waals surface area contributed by atoms with E-state index in [1.54, 1.807) is 25.3 Å². The summed E-state index contributed by atoms with van der Waals surface area (Å²) in [5.41, 5.74) is 0.924. The Morgan fingerprint density at radius 1 is 1.38 bits per heavy atom. The SMILES string of the molecule is C=CCOc1ccc(/C=C/C(=O)NCC2(N3CCOCC3)CCSC2)cc1OC. The molecule has 1 amide bonds. The van der Waals surface area contributed by atoms with Gasteiger partial charge in [-0.3, -0.25) is 9.69 Å². The van der Waals surface area contributed by atoms with Crippen LogP contribution in [0.1, 0.15) is 12.0 Å². The van der Waals surface area contributed by atoms with Crippen LogP contribution in [0.3, 0.4) is 0 Å². The standard InChI is InChI=1S/C22H30N2O4S/c1-3-11-28-19-6-4-18(15-20(19)26-2)5-7-21(25)23-16-22(8-14-29-17-22)24-9-12-27-13-10-24/h3-7,15H,1,8-14,16-17H2,2H3,(H,23,25)/b7-5+. The van der Waals surface area contributed by atoms with Gasteiger partial charge in [-0.15, -0.1) is 0 Å². The number of amides is 1. The smallest absolute Gasteiger partial charge is 0.244 e. The molecule has 2 heterocycles. The minimum absolute atomic E-state index is 0.0469. The maximum atomic E-state index is 12.4. The normalized spacial score (nSPS) is 22.5. The Morgan fingerprint density at radius 3 is 2.90 bits per heavy atom. The molecule has 0 saturated carbocycles. The topological polar surface area (TPSA) is 60.0 Å². The van der Waals surface area contributed by atoms with E-state index >= 15 is 0 Å². The van der Waals surface area contributed by atoms with Gasteiger partial charge in [-0.25, -0.2) is 0 Å². The number of rotatable bonds is 9. The van der Waals surface area contributed by atoms with Crippen molar-refractivity contribution in [2.24, 2.45) is 0 Å². The van der Waals surface area contributed by atoms with Crippen LogP contribution in [-0.4, -0.2) is 74.4 Å². The first-order chi connectivity index (χ1) is 14.2. The number of thioether (sulfide) groups is 1. The number of carbonyl (C=O) groups excluding carboxylic acids is 1. The third-order valence-corrected chi connectivity index (χ3v) is 6.56. The highest BCUT2D eigenvalue weighted by molar-refractivity contribution is 7.99. The van der Waals surface area contributed by atoms with Crippen molar-refractivity contribution in [2.45, 2.75) is 12.0 Å². The first-order valence-corrected chi connectivity index (χ1v) is 11.1. The monoisotopic (exact) mass is 418 g/mol. The van der Waals surface area contributed by atoms with Gasteiger partial charge in [0.15, 0.2) is 11.5 Å². The first kappa shape index (κ1) is 21.7. The zero-order chi connectivity index (χ0) is 20.5. The lowest BCUT2D eigenvalue weighted by Gasteiger charge is -2.42. The van der Waals surface area contributed by atoms with Crippen molar-refractivity contribution in [3.8, 4) is 11.5 Å². The fourth-order valence-electron chi connectivity index (χ4n) is 3.67. The van der Waals surface area contributed by atoms with Gasteiger partial charge in [0.05, 0.1) is 20.3 Å². The van der Waals surface area contributed by atoms with Gasteiger partial charge in [0, 0.05) is 37.0 Å². The Morgan fingerprint density at radius 2 is 2.21 bits per heavy atom. The highest BCUT2D eigenvalue weighted by atomic mass is 32.2. The molecule has 6 nitrogen and oxygen atoms in total. The van der Waals surface area contributed by atoms with Crippen LogP contribution in [0.25, 0.3) is 6.08 Å². The zero-order valence-corrected chi connectivity index (χ0v) is 17.8. The van der Waals surface area contributed by atoms with Crippen LogP contribution in [0, 0.1) is 0 Å². The number of hydrogen-bond acceptors (Lipinski definition) is 6. The van der Waals surface area contributed by atoms with Gasteiger partial charge < -0.3 is 19.5 Å². The second kappa shape index (κ2) is 10.7. The largest absolute Gasteiger partial charge is 0.493 e. The fourth-order valence-corrected chi connectivity index (χ4v) is 5.15. The summed E-state index contributed by atoms with van der Waals surface area (Å²) in [5, 5.41) is 3.11. The van der Waals surface area contributed by atoms with Crippen molar-refractivity contribution < 1.29 is 19.0 Å². The zero-order valence-electron chi connectivity index (χ0n) is 17.0. The van der Waals surface area contributed by atoms with Gasteiger partial charge >= 0.3 is 0 Å². The summed E-state index contributed by atoms with van der Waals surface area (Å²) in [5.74, 6) is 3.40. The number of hydrogen-bond donors (Lipinski definition) is 1. The van der Waals surface area contributed by atoms with Crippen molar-refractivity contribution >= 4 is 23.7 Å². The van der Waals surface area contributed by atoms with E-state index in [2.05, 4.69) is 16.8 Å². The van der Waals surface area contributed by atoms with E-state index in [0.29, 0.717) is 24.7 Å². The van der Waals surface area contributed by atoms with Gasteiger partial charge in [-0.05, 0) is 35.9 Å². The highest BCUT2D eigenvalue weighted by Gasteiger charge is 2.40. The van der Waals surface area contributed by atoms with Crippen LogP contribution in [0.5, 0.6) is 11.5 Å². The van der Waals surface area contributed by atoms with Crippen LogP contribution in [0.4, 0.5) is 0 Å². The highest BCUT2D eigenvalue weighted by Crippen LogP contribution is 2.33. The molecule has 1 N–H and O–H groups in total. The number of carbonyl (C=O) groups is 1. The molecule has 1 atom stereocenters. The van der Waals surface area contributed by atoms with E-state index in [-0.39, 0.29) is 11.4 Å².